The summed E-state index contributed by atoms with van der Waals surface area (Å²) in [6, 6.07) is 7.67. The number of likely N-dealkylation sites (tertiary alicyclic amines) is 2. The van der Waals surface area contributed by atoms with Gasteiger partial charge in [-0.2, -0.15) is 0 Å². The minimum absolute atomic E-state index is 0.0234. The lowest BCUT2D eigenvalue weighted by atomic mass is 9.85. The van der Waals surface area contributed by atoms with Crippen LogP contribution in [0.25, 0.3) is 0 Å². The second-order valence-electron chi connectivity index (χ2n) is 7.01. The number of nitrogens with zero attached hydrogens (tertiary/aromatic N) is 3. The van der Waals surface area contributed by atoms with Crippen molar-refractivity contribution in [3.63, 3.8) is 0 Å². The van der Waals surface area contributed by atoms with Crippen LogP contribution in [0.2, 0.25) is 5.02 Å². The molecule has 1 aromatic rings. The first-order valence-electron chi connectivity index (χ1n) is 8.41. The SMILES string of the molecule is CN(C)C(=O)CN1C[C@H]2CCN(Cc3cccc(Cl)c3)[C@H](C2)C1=O. The molecule has 2 heterocycles. The Morgan fingerprint density at radius 3 is 2.88 bits per heavy atom. The second kappa shape index (κ2) is 7.11. The molecule has 5 nitrogen and oxygen atoms in total. The largest absolute Gasteiger partial charge is 0.347 e. The van der Waals surface area contributed by atoms with E-state index in [0.717, 1.165) is 36.5 Å². The van der Waals surface area contributed by atoms with Crippen molar-refractivity contribution in [1.82, 2.24) is 14.7 Å². The van der Waals surface area contributed by atoms with Crippen molar-refractivity contribution >= 4 is 23.4 Å². The predicted octanol–water partition coefficient (Wildman–Crippen LogP) is 1.85. The van der Waals surface area contributed by atoms with Gasteiger partial charge in [-0.25, -0.2) is 0 Å². The average Bonchev–Trinajstić information content (AvgIpc) is 2.54. The van der Waals surface area contributed by atoms with Gasteiger partial charge in [0.25, 0.3) is 0 Å². The molecule has 0 saturated carbocycles. The fourth-order valence-electron chi connectivity index (χ4n) is 3.63. The Morgan fingerprint density at radius 2 is 2.17 bits per heavy atom. The van der Waals surface area contributed by atoms with Gasteiger partial charge in [0.1, 0.15) is 0 Å². The zero-order valence-corrected chi connectivity index (χ0v) is 15.0. The van der Waals surface area contributed by atoms with Gasteiger partial charge in [-0.05, 0) is 43.0 Å². The summed E-state index contributed by atoms with van der Waals surface area (Å²) in [4.78, 5) is 30.4. The lowest BCUT2D eigenvalue weighted by molar-refractivity contribution is -0.150. The summed E-state index contributed by atoms with van der Waals surface area (Å²) in [5.41, 5.74) is 1.12. The number of piperidine rings is 2. The van der Waals surface area contributed by atoms with Crippen LogP contribution < -0.4 is 0 Å². The van der Waals surface area contributed by atoms with E-state index < -0.39 is 0 Å². The molecule has 2 amide bonds. The van der Waals surface area contributed by atoms with Gasteiger partial charge in [-0.15, -0.1) is 0 Å². The van der Waals surface area contributed by atoms with Crippen LogP contribution in [0.4, 0.5) is 0 Å². The third kappa shape index (κ3) is 3.73. The van der Waals surface area contributed by atoms with Crippen LogP contribution in [-0.2, 0) is 16.1 Å². The number of hydrogen-bond donors (Lipinski definition) is 0. The van der Waals surface area contributed by atoms with E-state index in [1.165, 1.54) is 0 Å². The molecule has 24 heavy (non-hydrogen) atoms. The van der Waals surface area contributed by atoms with Crippen LogP contribution >= 0.6 is 11.6 Å². The molecular weight excluding hydrogens is 326 g/mol. The van der Waals surface area contributed by atoms with E-state index in [1.54, 1.807) is 23.9 Å². The maximum Gasteiger partial charge on any atom is 0.241 e. The van der Waals surface area contributed by atoms with Crippen molar-refractivity contribution < 1.29 is 9.59 Å². The zero-order valence-electron chi connectivity index (χ0n) is 14.2. The van der Waals surface area contributed by atoms with Gasteiger partial charge in [-0.3, -0.25) is 14.5 Å². The van der Waals surface area contributed by atoms with E-state index in [-0.39, 0.29) is 24.4 Å². The van der Waals surface area contributed by atoms with E-state index in [4.69, 9.17) is 11.6 Å². The fourth-order valence-corrected chi connectivity index (χ4v) is 3.84. The number of fused-ring (bicyclic) bond motifs is 2. The highest BCUT2D eigenvalue weighted by Gasteiger charge is 2.41. The zero-order chi connectivity index (χ0) is 17.3. The van der Waals surface area contributed by atoms with E-state index >= 15 is 0 Å². The van der Waals surface area contributed by atoms with E-state index in [1.807, 2.05) is 24.3 Å². The van der Waals surface area contributed by atoms with E-state index in [0.29, 0.717) is 12.5 Å². The molecule has 2 atom stereocenters. The quantitative estimate of drug-likeness (QED) is 0.833. The number of carbonyl (C=O) groups excluding carboxylic acids is 2. The smallest absolute Gasteiger partial charge is 0.241 e. The lowest BCUT2D eigenvalue weighted by Gasteiger charge is -2.46. The number of rotatable bonds is 4. The van der Waals surface area contributed by atoms with Crippen molar-refractivity contribution in [2.24, 2.45) is 5.92 Å². The van der Waals surface area contributed by atoms with Gasteiger partial charge in [-0.1, -0.05) is 23.7 Å². The average molecular weight is 350 g/mol. The molecule has 0 N–H and O–H groups in total. The number of likely N-dealkylation sites (N-methyl/N-ethyl adjacent to an activating group) is 1. The van der Waals surface area contributed by atoms with Gasteiger partial charge in [0.05, 0.1) is 12.6 Å². The summed E-state index contributed by atoms with van der Waals surface area (Å²) in [5.74, 6) is 0.561. The maximum absolute atomic E-state index is 12.8. The first-order valence-corrected chi connectivity index (χ1v) is 8.79. The van der Waals surface area contributed by atoms with Crippen molar-refractivity contribution in [3.8, 4) is 0 Å². The van der Waals surface area contributed by atoms with Crippen LogP contribution in [0.5, 0.6) is 0 Å². The van der Waals surface area contributed by atoms with Crippen molar-refractivity contribution in [2.45, 2.75) is 25.4 Å². The van der Waals surface area contributed by atoms with Crippen LogP contribution in [-0.4, -0.2) is 66.3 Å². The minimum atomic E-state index is -0.119. The predicted molar refractivity (Wildman–Crippen MR) is 93.6 cm³/mol. The molecule has 2 aliphatic heterocycles. The summed E-state index contributed by atoms with van der Waals surface area (Å²) in [6.07, 6.45) is 1.96. The molecule has 0 spiro atoms. The first-order chi connectivity index (χ1) is 11.4. The minimum Gasteiger partial charge on any atom is -0.347 e. The number of carbonyl (C=O) groups is 2. The van der Waals surface area contributed by atoms with Gasteiger partial charge in [0.15, 0.2) is 0 Å². The normalized spacial score (nSPS) is 24.1. The van der Waals surface area contributed by atoms with E-state index in [2.05, 4.69) is 4.90 Å². The van der Waals surface area contributed by atoms with Gasteiger partial charge in [0.2, 0.25) is 11.8 Å². The summed E-state index contributed by atoms with van der Waals surface area (Å²) < 4.78 is 0. The fraction of sp³-hybridized carbons (Fsp3) is 0.556. The topological polar surface area (TPSA) is 43.9 Å². The molecule has 3 rings (SSSR count). The van der Waals surface area contributed by atoms with Crippen molar-refractivity contribution in [2.75, 3.05) is 33.7 Å². The summed E-state index contributed by atoms with van der Waals surface area (Å²) in [7, 11) is 3.45. The molecule has 2 saturated heterocycles. The molecule has 2 aliphatic rings. The molecule has 0 aliphatic carbocycles. The molecule has 0 unspecified atom stereocenters. The summed E-state index contributed by atoms with van der Waals surface area (Å²) in [6.45, 7) is 2.53. The van der Waals surface area contributed by atoms with Crippen LogP contribution in [0.3, 0.4) is 0 Å². The highest BCUT2D eigenvalue weighted by atomic mass is 35.5. The highest BCUT2D eigenvalue weighted by Crippen LogP contribution is 2.31. The molecule has 6 heteroatoms. The Bertz CT molecular complexity index is 634. The standard InChI is InChI=1S/C18H24ClN3O2/c1-20(2)17(23)12-22-11-14-6-7-21(16(9-14)18(22)24)10-13-4-3-5-15(19)8-13/h3-5,8,14,16H,6-7,9-12H2,1-2H3/t14-,16+/m0/s1. The van der Waals surface area contributed by atoms with Gasteiger partial charge >= 0.3 is 0 Å². The Hall–Kier alpha value is -1.59. The molecular formula is C18H24ClN3O2. The highest BCUT2D eigenvalue weighted by molar-refractivity contribution is 6.30. The summed E-state index contributed by atoms with van der Waals surface area (Å²) >= 11 is 6.07. The number of halogens is 1. The van der Waals surface area contributed by atoms with Crippen LogP contribution in [0.1, 0.15) is 18.4 Å². The maximum atomic E-state index is 12.8. The third-order valence-corrected chi connectivity index (χ3v) is 5.23. The van der Waals surface area contributed by atoms with Crippen LogP contribution in [0, 0.1) is 5.92 Å². The van der Waals surface area contributed by atoms with Crippen LogP contribution in [0.15, 0.2) is 24.3 Å². The van der Waals surface area contributed by atoms with Gasteiger partial charge in [0, 0.05) is 32.2 Å². The third-order valence-electron chi connectivity index (χ3n) is 5.00. The van der Waals surface area contributed by atoms with E-state index in [9.17, 15) is 9.59 Å². The van der Waals surface area contributed by atoms with Gasteiger partial charge < -0.3 is 9.80 Å². The number of hydrogen-bond acceptors (Lipinski definition) is 3. The van der Waals surface area contributed by atoms with Crippen molar-refractivity contribution in [3.05, 3.63) is 34.9 Å². The number of amides is 2. The monoisotopic (exact) mass is 349 g/mol. The molecule has 0 aromatic heterocycles. The molecule has 2 bridgehead atoms. The lowest BCUT2D eigenvalue weighted by Crippen LogP contribution is -2.59. The summed E-state index contributed by atoms with van der Waals surface area (Å²) in [5, 5.41) is 0.718. The molecule has 2 fully saturated rings. The second-order valence-corrected chi connectivity index (χ2v) is 7.45. The Kier molecular flexibility index (Phi) is 5.11. The molecule has 130 valence electrons. The Morgan fingerprint density at radius 1 is 1.38 bits per heavy atom. The molecule has 0 radical (unpaired) electrons. The first kappa shape index (κ1) is 17.2. The Labute approximate surface area is 148 Å². The Balaban J connectivity index is 1.71. The number of benzene rings is 1. The molecule has 1 aromatic carbocycles. The van der Waals surface area contributed by atoms with Crippen molar-refractivity contribution in [1.29, 1.82) is 0 Å².